The standard InChI is InChI=1S/C17H19N3/c1-17(2,3)14-6-8-15(9-7-14)20-12-13-5-4-10-19-16(13)11-18/h4-10,20H,12H2,1-3H3. The highest BCUT2D eigenvalue weighted by Gasteiger charge is 2.12. The highest BCUT2D eigenvalue weighted by molar-refractivity contribution is 5.47. The molecule has 0 amide bonds. The van der Waals surface area contributed by atoms with Gasteiger partial charge in [-0.05, 0) is 29.2 Å². The monoisotopic (exact) mass is 265 g/mol. The second-order valence-electron chi connectivity index (χ2n) is 5.80. The van der Waals surface area contributed by atoms with Gasteiger partial charge in [0.1, 0.15) is 11.8 Å². The normalized spacial score (nSPS) is 10.9. The van der Waals surface area contributed by atoms with E-state index in [9.17, 15) is 0 Å². The summed E-state index contributed by atoms with van der Waals surface area (Å²) in [6.45, 7) is 7.20. The van der Waals surface area contributed by atoms with Gasteiger partial charge in [0, 0.05) is 24.0 Å². The average molecular weight is 265 g/mol. The zero-order valence-corrected chi connectivity index (χ0v) is 12.1. The van der Waals surface area contributed by atoms with Gasteiger partial charge in [0.2, 0.25) is 0 Å². The van der Waals surface area contributed by atoms with Crippen LogP contribution < -0.4 is 5.32 Å². The van der Waals surface area contributed by atoms with Crippen LogP contribution in [0.4, 0.5) is 5.69 Å². The SMILES string of the molecule is CC(C)(C)c1ccc(NCc2cccnc2C#N)cc1. The number of aromatic nitrogens is 1. The Morgan fingerprint density at radius 2 is 1.85 bits per heavy atom. The van der Waals surface area contributed by atoms with Gasteiger partial charge in [0.25, 0.3) is 0 Å². The van der Waals surface area contributed by atoms with E-state index in [1.165, 1.54) is 5.56 Å². The number of anilines is 1. The van der Waals surface area contributed by atoms with Gasteiger partial charge >= 0.3 is 0 Å². The zero-order valence-electron chi connectivity index (χ0n) is 12.1. The molecule has 0 saturated carbocycles. The molecule has 0 saturated heterocycles. The number of pyridine rings is 1. The van der Waals surface area contributed by atoms with Gasteiger partial charge in [-0.2, -0.15) is 5.26 Å². The lowest BCUT2D eigenvalue weighted by molar-refractivity contribution is 0.590. The van der Waals surface area contributed by atoms with Crippen LogP contribution >= 0.6 is 0 Å². The molecule has 1 aromatic carbocycles. The van der Waals surface area contributed by atoms with Crippen LogP contribution in [0.25, 0.3) is 0 Å². The summed E-state index contributed by atoms with van der Waals surface area (Å²) in [6.07, 6.45) is 1.64. The van der Waals surface area contributed by atoms with Gasteiger partial charge in [-0.25, -0.2) is 4.98 Å². The van der Waals surface area contributed by atoms with Crippen LogP contribution in [0, 0.1) is 11.3 Å². The molecule has 20 heavy (non-hydrogen) atoms. The van der Waals surface area contributed by atoms with E-state index in [4.69, 9.17) is 5.26 Å². The number of nitriles is 1. The summed E-state index contributed by atoms with van der Waals surface area (Å²) in [5.74, 6) is 0. The van der Waals surface area contributed by atoms with E-state index >= 15 is 0 Å². The number of nitrogens with zero attached hydrogens (tertiary/aromatic N) is 2. The van der Waals surface area contributed by atoms with E-state index < -0.39 is 0 Å². The summed E-state index contributed by atoms with van der Waals surface area (Å²) in [7, 11) is 0. The van der Waals surface area contributed by atoms with Crippen molar-refractivity contribution in [3.05, 3.63) is 59.4 Å². The van der Waals surface area contributed by atoms with Crippen molar-refractivity contribution in [1.82, 2.24) is 4.98 Å². The minimum absolute atomic E-state index is 0.163. The summed E-state index contributed by atoms with van der Waals surface area (Å²) in [4.78, 5) is 4.05. The first-order valence-electron chi connectivity index (χ1n) is 6.69. The Kier molecular flexibility index (Phi) is 4.05. The molecule has 1 heterocycles. The molecule has 1 aromatic heterocycles. The third-order valence-corrected chi connectivity index (χ3v) is 3.23. The maximum absolute atomic E-state index is 9.00. The van der Waals surface area contributed by atoms with Crippen molar-refractivity contribution in [3.63, 3.8) is 0 Å². The van der Waals surface area contributed by atoms with Crippen molar-refractivity contribution >= 4 is 5.69 Å². The molecule has 0 aliphatic carbocycles. The molecule has 102 valence electrons. The quantitative estimate of drug-likeness (QED) is 0.916. The molecule has 2 rings (SSSR count). The van der Waals surface area contributed by atoms with Gasteiger partial charge in [-0.3, -0.25) is 0 Å². The lowest BCUT2D eigenvalue weighted by Gasteiger charge is -2.19. The summed E-state index contributed by atoms with van der Waals surface area (Å²) < 4.78 is 0. The van der Waals surface area contributed by atoms with Crippen molar-refractivity contribution in [1.29, 1.82) is 5.26 Å². The van der Waals surface area contributed by atoms with Crippen molar-refractivity contribution in [3.8, 4) is 6.07 Å². The molecule has 0 radical (unpaired) electrons. The van der Waals surface area contributed by atoms with Gasteiger partial charge < -0.3 is 5.32 Å². The molecule has 0 atom stereocenters. The van der Waals surface area contributed by atoms with Crippen LogP contribution in [0.3, 0.4) is 0 Å². The largest absolute Gasteiger partial charge is 0.381 e. The van der Waals surface area contributed by atoms with Gasteiger partial charge in [0.15, 0.2) is 0 Å². The molecule has 3 heteroatoms. The van der Waals surface area contributed by atoms with Crippen LogP contribution in [0.5, 0.6) is 0 Å². The lowest BCUT2D eigenvalue weighted by Crippen LogP contribution is -2.11. The number of benzene rings is 1. The van der Waals surface area contributed by atoms with Crippen molar-refractivity contribution < 1.29 is 0 Å². The Bertz CT molecular complexity index is 616. The van der Waals surface area contributed by atoms with Crippen molar-refractivity contribution in [2.45, 2.75) is 32.7 Å². The van der Waals surface area contributed by atoms with Crippen LogP contribution in [0.1, 0.15) is 37.6 Å². The second-order valence-corrected chi connectivity index (χ2v) is 5.80. The van der Waals surface area contributed by atoms with E-state index in [1.807, 2.05) is 12.1 Å². The Hall–Kier alpha value is -2.34. The highest BCUT2D eigenvalue weighted by atomic mass is 14.9. The Labute approximate surface area is 120 Å². The van der Waals surface area contributed by atoms with Gasteiger partial charge in [0.05, 0.1) is 0 Å². The molecular formula is C17H19N3. The third kappa shape index (κ3) is 3.36. The van der Waals surface area contributed by atoms with E-state index in [-0.39, 0.29) is 5.41 Å². The van der Waals surface area contributed by atoms with Crippen LogP contribution in [0.15, 0.2) is 42.6 Å². The van der Waals surface area contributed by atoms with E-state index in [0.29, 0.717) is 12.2 Å². The molecule has 0 aliphatic rings. The molecular weight excluding hydrogens is 246 g/mol. The Morgan fingerprint density at radius 1 is 1.15 bits per heavy atom. The van der Waals surface area contributed by atoms with E-state index in [2.05, 4.69) is 61.4 Å². The van der Waals surface area contributed by atoms with Crippen LogP contribution in [-0.2, 0) is 12.0 Å². The molecule has 0 bridgehead atoms. The first kappa shape index (κ1) is 14.1. The van der Waals surface area contributed by atoms with Crippen LogP contribution in [0.2, 0.25) is 0 Å². The van der Waals surface area contributed by atoms with Gasteiger partial charge in [-0.15, -0.1) is 0 Å². The predicted molar refractivity (Wildman–Crippen MR) is 81.4 cm³/mol. The van der Waals surface area contributed by atoms with Crippen molar-refractivity contribution in [2.24, 2.45) is 0 Å². The molecule has 0 spiro atoms. The maximum Gasteiger partial charge on any atom is 0.145 e. The number of hydrogen-bond donors (Lipinski definition) is 1. The topological polar surface area (TPSA) is 48.7 Å². The minimum atomic E-state index is 0.163. The maximum atomic E-state index is 9.00. The van der Waals surface area contributed by atoms with E-state index in [1.54, 1.807) is 6.20 Å². The summed E-state index contributed by atoms with van der Waals surface area (Å²) >= 11 is 0. The minimum Gasteiger partial charge on any atom is -0.381 e. The zero-order chi connectivity index (χ0) is 14.6. The smallest absolute Gasteiger partial charge is 0.145 e. The van der Waals surface area contributed by atoms with E-state index in [0.717, 1.165) is 11.3 Å². The summed E-state index contributed by atoms with van der Waals surface area (Å²) in [5, 5.41) is 12.3. The Morgan fingerprint density at radius 3 is 2.45 bits per heavy atom. The van der Waals surface area contributed by atoms with Crippen LogP contribution in [-0.4, -0.2) is 4.98 Å². The average Bonchev–Trinajstić information content (AvgIpc) is 2.45. The second kappa shape index (κ2) is 5.75. The van der Waals surface area contributed by atoms with Crippen molar-refractivity contribution in [2.75, 3.05) is 5.32 Å². The molecule has 3 nitrogen and oxygen atoms in total. The fourth-order valence-electron chi connectivity index (χ4n) is 1.97. The number of hydrogen-bond acceptors (Lipinski definition) is 3. The fourth-order valence-corrected chi connectivity index (χ4v) is 1.97. The molecule has 0 aliphatic heterocycles. The first-order chi connectivity index (χ1) is 9.50. The molecule has 2 aromatic rings. The summed E-state index contributed by atoms with van der Waals surface area (Å²) in [6, 6.07) is 14.3. The highest BCUT2D eigenvalue weighted by Crippen LogP contribution is 2.23. The summed E-state index contributed by atoms with van der Waals surface area (Å²) in [5.41, 5.74) is 3.91. The number of nitrogens with one attached hydrogen (secondary N) is 1. The molecule has 0 fully saturated rings. The number of rotatable bonds is 3. The predicted octanol–water partition coefficient (Wildman–Crippen LogP) is 3.86. The fraction of sp³-hybridized carbons (Fsp3) is 0.294. The molecule has 0 unspecified atom stereocenters. The van der Waals surface area contributed by atoms with Gasteiger partial charge in [-0.1, -0.05) is 39.0 Å². The lowest BCUT2D eigenvalue weighted by atomic mass is 9.87. The first-order valence-corrected chi connectivity index (χ1v) is 6.69. The molecule has 1 N–H and O–H groups in total. The Balaban J connectivity index is 2.07. The third-order valence-electron chi connectivity index (χ3n) is 3.23.